The number of carboxylic acid groups (broad SMARTS) is 1. The van der Waals surface area contributed by atoms with Gasteiger partial charge in [-0.25, -0.2) is 0 Å². The fraction of sp³-hybridized carbons (Fsp3) is 0.571. The second-order valence-electron chi connectivity index (χ2n) is 5.56. The van der Waals surface area contributed by atoms with Crippen molar-refractivity contribution in [2.24, 2.45) is 11.1 Å². The Balaban J connectivity index is 2.15. The van der Waals surface area contributed by atoms with E-state index in [9.17, 15) is 14.7 Å². The third-order valence-electron chi connectivity index (χ3n) is 3.97. The van der Waals surface area contributed by atoms with Gasteiger partial charge in [0.2, 0.25) is 0 Å². The summed E-state index contributed by atoms with van der Waals surface area (Å²) in [4.78, 5) is 25.7. The van der Waals surface area contributed by atoms with Crippen LogP contribution in [0.15, 0.2) is 18.9 Å². The molecule has 3 N–H and O–H groups in total. The first-order chi connectivity index (χ1) is 10.5. The second-order valence-corrected chi connectivity index (χ2v) is 5.56. The van der Waals surface area contributed by atoms with E-state index in [4.69, 9.17) is 5.73 Å². The normalized spacial score (nSPS) is 21.6. The third-order valence-corrected chi connectivity index (χ3v) is 3.97. The van der Waals surface area contributed by atoms with Crippen molar-refractivity contribution < 1.29 is 14.7 Å². The smallest absolute Gasteiger partial charge is 0.311 e. The van der Waals surface area contributed by atoms with Crippen molar-refractivity contribution in [3.8, 4) is 0 Å². The Kier molecular flexibility index (Phi) is 4.92. The molecule has 0 saturated carbocycles. The topological polar surface area (TPSA) is 114 Å². The minimum atomic E-state index is -0.955. The zero-order valence-electron chi connectivity index (χ0n) is 12.4. The lowest BCUT2D eigenvalue weighted by Gasteiger charge is -2.39. The van der Waals surface area contributed by atoms with Crippen LogP contribution >= 0.6 is 0 Å². The Morgan fingerprint density at radius 2 is 2.32 bits per heavy atom. The van der Waals surface area contributed by atoms with Gasteiger partial charge in [-0.2, -0.15) is 0 Å². The van der Waals surface area contributed by atoms with Gasteiger partial charge in [0.25, 0.3) is 5.91 Å². The lowest BCUT2D eigenvalue weighted by Crippen LogP contribution is -2.49. The molecule has 120 valence electrons. The molecular weight excluding hydrogens is 286 g/mol. The molecule has 2 rings (SSSR count). The van der Waals surface area contributed by atoms with Crippen LogP contribution in [0.4, 0.5) is 0 Å². The number of allylic oxidation sites excluding steroid dienone is 1. The number of piperidine rings is 1. The van der Waals surface area contributed by atoms with Crippen molar-refractivity contribution in [2.75, 3.05) is 19.6 Å². The van der Waals surface area contributed by atoms with Gasteiger partial charge in [-0.15, -0.1) is 11.7 Å². The van der Waals surface area contributed by atoms with Crippen molar-refractivity contribution in [3.63, 3.8) is 0 Å². The van der Waals surface area contributed by atoms with Gasteiger partial charge < -0.3 is 15.7 Å². The molecule has 1 amide bonds. The number of hydrogen-bond acceptors (Lipinski definition) is 5. The lowest BCUT2D eigenvalue weighted by molar-refractivity contribution is -0.151. The predicted molar refractivity (Wildman–Crippen MR) is 79.1 cm³/mol. The summed E-state index contributed by atoms with van der Waals surface area (Å²) in [6, 6.07) is 0. The van der Waals surface area contributed by atoms with Gasteiger partial charge in [-0.3, -0.25) is 14.3 Å². The molecule has 1 aromatic heterocycles. The molecule has 22 heavy (non-hydrogen) atoms. The van der Waals surface area contributed by atoms with Gasteiger partial charge >= 0.3 is 5.97 Å². The fourth-order valence-corrected chi connectivity index (χ4v) is 2.81. The first kappa shape index (κ1) is 16.2. The molecule has 1 aliphatic heterocycles. The van der Waals surface area contributed by atoms with Crippen molar-refractivity contribution in [3.05, 3.63) is 24.5 Å². The van der Waals surface area contributed by atoms with E-state index in [0.29, 0.717) is 38.9 Å². The van der Waals surface area contributed by atoms with Gasteiger partial charge in [0.15, 0.2) is 5.69 Å². The maximum absolute atomic E-state index is 12.5. The van der Waals surface area contributed by atoms with Gasteiger partial charge in [-0.1, -0.05) is 11.3 Å². The van der Waals surface area contributed by atoms with Crippen LogP contribution < -0.4 is 5.73 Å². The monoisotopic (exact) mass is 307 g/mol. The van der Waals surface area contributed by atoms with Crippen LogP contribution in [0.2, 0.25) is 0 Å². The summed E-state index contributed by atoms with van der Waals surface area (Å²) in [6.45, 7) is 5.20. The molecule has 8 nitrogen and oxygen atoms in total. The molecular formula is C14H21N5O3. The van der Waals surface area contributed by atoms with Crippen LogP contribution in [0.25, 0.3) is 0 Å². The molecule has 0 unspecified atom stereocenters. The number of nitrogens with two attached hydrogens (primary N) is 1. The number of carboxylic acids is 1. The van der Waals surface area contributed by atoms with E-state index >= 15 is 0 Å². The number of hydrogen-bond donors (Lipinski definition) is 2. The summed E-state index contributed by atoms with van der Waals surface area (Å²) in [7, 11) is 0. The molecule has 0 radical (unpaired) electrons. The molecule has 8 heteroatoms. The number of carbonyl (C=O) groups is 2. The number of amides is 1. The van der Waals surface area contributed by atoms with E-state index in [1.54, 1.807) is 12.3 Å². The van der Waals surface area contributed by atoms with Crippen molar-refractivity contribution >= 4 is 11.9 Å². The largest absolute Gasteiger partial charge is 0.481 e. The number of carbonyl (C=O) groups excluding carboxylic acids is 1. The van der Waals surface area contributed by atoms with E-state index in [-0.39, 0.29) is 18.1 Å². The van der Waals surface area contributed by atoms with E-state index < -0.39 is 11.4 Å². The quantitative estimate of drug-likeness (QED) is 0.721. The van der Waals surface area contributed by atoms with Crippen LogP contribution in [0, 0.1) is 5.41 Å². The van der Waals surface area contributed by atoms with E-state index in [1.807, 2.05) is 0 Å². The van der Waals surface area contributed by atoms with Gasteiger partial charge in [-0.05, 0) is 19.3 Å². The SMILES string of the molecule is C=CC[C@]1(C(=O)O)CCCN(C(=O)c2cn(CCN)nn2)C1. The highest BCUT2D eigenvalue weighted by Gasteiger charge is 2.43. The Bertz CT molecular complexity index is 571. The zero-order valence-corrected chi connectivity index (χ0v) is 12.4. The average Bonchev–Trinajstić information content (AvgIpc) is 2.96. The van der Waals surface area contributed by atoms with Crippen molar-refractivity contribution in [1.29, 1.82) is 0 Å². The van der Waals surface area contributed by atoms with Crippen LogP contribution in [-0.2, 0) is 11.3 Å². The number of aliphatic carboxylic acids is 1. The van der Waals surface area contributed by atoms with Gasteiger partial charge in [0.1, 0.15) is 0 Å². The number of aromatic nitrogens is 3. The molecule has 1 saturated heterocycles. The first-order valence-corrected chi connectivity index (χ1v) is 7.26. The Hall–Kier alpha value is -2.22. The second kappa shape index (κ2) is 6.69. The highest BCUT2D eigenvalue weighted by atomic mass is 16.4. The molecule has 0 bridgehead atoms. The fourth-order valence-electron chi connectivity index (χ4n) is 2.81. The minimum Gasteiger partial charge on any atom is -0.481 e. The molecule has 0 spiro atoms. The van der Waals surface area contributed by atoms with Crippen LogP contribution in [0.3, 0.4) is 0 Å². The number of rotatable bonds is 6. The molecule has 0 aromatic carbocycles. The van der Waals surface area contributed by atoms with E-state index in [0.717, 1.165) is 0 Å². The van der Waals surface area contributed by atoms with E-state index in [2.05, 4.69) is 16.9 Å². The molecule has 1 atom stereocenters. The average molecular weight is 307 g/mol. The summed E-state index contributed by atoms with van der Waals surface area (Å²) >= 11 is 0. The van der Waals surface area contributed by atoms with Crippen LogP contribution in [0.1, 0.15) is 29.8 Å². The molecule has 2 heterocycles. The van der Waals surface area contributed by atoms with Crippen LogP contribution in [-0.4, -0.2) is 56.5 Å². The van der Waals surface area contributed by atoms with Gasteiger partial charge in [0, 0.05) is 19.6 Å². The maximum atomic E-state index is 12.5. The lowest BCUT2D eigenvalue weighted by atomic mass is 9.77. The maximum Gasteiger partial charge on any atom is 0.311 e. The highest BCUT2D eigenvalue weighted by molar-refractivity contribution is 5.92. The van der Waals surface area contributed by atoms with Crippen LogP contribution in [0.5, 0.6) is 0 Å². The first-order valence-electron chi connectivity index (χ1n) is 7.26. The molecule has 1 aliphatic rings. The molecule has 1 fully saturated rings. The minimum absolute atomic E-state index is 0.164. The molecule has 0 aliphatic carbocycles. The summed E-state index contributed by atoms with van der Waals surface area (Å²) in [6.07, 6.45) is 4.66. The predicted octanol–water partition coefficient (Wildman–Crippen LogP) is 0.120. The number of nitrogens with zero attached hydrogens (tertiary/aromatic N) is 4. The summed E-state index contributed by atoms with van der Waals surface area (Å²) < 4.78 is 1.51. The van der Waals surface area contributed by atoms with Gasteiger partial charge in [0.05, 0.1) is 18.2 Å². The Morgan fingerprint density at radius 1 is 1.55 bits per heavy atom. The van der Waals surface area contributed by atoms with Crippen molar-refractivity contribution in [2.45, 2.75) is 25.8 Å². The molecule has 1 aromatic rings. The number of likely N-dealkylation sites (tertiary alicyclic amines) is 1. The standard InChI is InChI=1S/C14H21N5O3/c1-2-4-14(13(21)22)5-3-7-18(10-14)12(20)11-9-19(8-6-15)17-16-11/h2,9H,1,3-8,10,15H2,(H,21,22)/t14-/m0/s1. The highest BCUT2D eigenvalue weighted by Crippen LogP contribution is 2.34. The summed E-state index contributed by atoms with van der Waals surface area (Å²) in [5.74, 6) is -1.19. The summed E-state index contributed by atoms with van der Waals surface area (Å²) in [5.41, 5.74) is 4.69. The third kappa shape index (κ3) is 3.16. The Labute approximate surface area is 128 Å². The van der Waals surface area contributed by atoms with E-state index in [1.165, 1.54) is 9.58 Å². The van der Waals surface area contributed by atoms with Crippen molar-refractivity contribution in [1.82, 2.24) is 19.9 Å². The summed E-state index contributed by atoms with van der Waals surface area (Å²) in [5, 5.41) is 17.2. The zero-order chi connectivity index (χ0) is 16.2. The Morgan fingerprint density at radius 3 is 2.95 bits per heavy atom.